The Bertz CT molecular complexity index is 307. The van der Waals surface area contributed by atoms with E-state index >= 15 is 0 Å². The molecule has 0 saturated carbocycles. The van der Waals surface area contributed by atoms with E-state index in [4.69, 9.17) is 0 Å². The third-order valence-corrected chi connectivity index (χ3v) is 3.12. The van der Waals surface area contributed by atoms with Crippen molar-refractivity contribution in [2.75, 3.05) is 20.1 Å². The van der Waals surface area contributed by atoms with Crippen LogP contribution >= 0.6 is 0 Å². The van der Waals surface area contributed by atoms with Crippen molar-refractivity contribution in [3.63, 3.8) is 0 Å². The minimum Gasteiger partial charge on any atom is -0.385 e. The molecule has 0 bridgehead atoms. The normalized spacial score (nSPS) is 21.5. The fourth-order valence-corrected chi connectivity index (χ4v) is 2.05. The number of nitrogens with zero attached hydrogens (tertiary/aromatic N) is 2. The molecule has 1 aromatic rings. The molecule has 0 spiro atoms. The Morgan fingerprint density at radius 3 is 2.47 bits per heavy atom. The van der Waals surface area contributed by atoms with Crippen LogP contribution in [0, 0.1) is 0 Å². The zero-order valence-electron chi connectivity index (χ0n) is 8.98. The van der Waals surface area contributed by atoms with E-state index in [0.717, 1.165) is 31.5 Å². The third-order valence-electron chi connectivity index (χ3n) is 3.12. The summed E-state index contributed by atoms with van der Waals surface area (Å²) in [5.74, 6) is 0. The summed E-state index contributed by atoms with van der Waals surface area (Å²) in [5, 5.41) is 12.6. The molecule has 1 aromatic heterocycles. The van der Waals surface area contributed by atoms with Gasteiger partial charge in [0.15, 0.2) is 0 Å². The molecule has 2 heterocycles. The van der Waals surface area contributed by atoms with E-state index in [1.54, 1.807) is 12.4 Å². The number of hydrazine groups is 1. The highest BCUT2D eigenvalue weighted by atomic mass is 16.3. The van der Waals surface area contributed by atoms with E-state index in [9.17, 15) is 5.11 Å². The number of nitrogens with one attached hydrogen (secondary N) is 1. The Morgan fingerprint density at radius 2 is 1.93 bits per heavy atom. The Labute approximate surface area is 89.9 Å². The zero-order valence-corrected chi connectivity index (χ0v) is 8.98. The van der Waals surface area contributed by atoms with Crippen LogP contribution in [0.25, 0.3) is 0 Å². The van der Waals surface area contributed by atoms with E-state index in [1.165, 1.54) is 0 Å². The van der Waals surface area contributed by atoms with Crippen molar-refractivity contribution < 1.29 is 5.11 Å². The van der Waals surface area contributed by atoms with Gasteiger partial charge in [0.05, 0.1) is 5.60 Å². The summed E-state index contributed by atoms with van der Waals surface area (Å²) in [6.45, 7) is 1.74. The first-order chi connectivity index (χ1) is 7.24. The highest BCUT2D eigenvalue weighted by Gasteiger charge is 2.33. The van der Waals surface area contributed by atoms with Crippen LogP contribution in [0.5, 0.6) is 0 Å². The highest BCUT2D eigenvalue weighted by Crippen LogP contribution is 2.31. The van der Waals surface area contributed by atoms with Crippen LogP contribution in [0.3, 0.4) is 0 Å². The molecule has 1 fully saturated rings. The monoisotopic (exact) mass is 207 g/mol. The minimum atomic E-state index is -0.670. The quantitative estimate of drug-likeness (QED) is 0.741. The molecule has 15 heavy (non-hydrogen) atoms. The molecule has 2 rings (SSSR count). The molecule has 1 aliphatic rings. The van der Waals surface area contributed by atoms with Crippen molar-refractivity contribution in [1.29, 1.82) is 0 Å². The number of pyridine rings is 1. The molecular weight excluding hydrogens is 190 g/mol. The predicted octanol–water partition coefficient (Wildman–Crippen LogP) is 0.499. The summed E-state index contributed by atoms with van der Waals surface area (Å²) in [4.78, 5) is 3.97. The number of hydrogen-bond donors (Lipinski definition) is 2. The van der Waals surface area contributed by atoms with Crippen LogP contribution in [0.15, 0.2) is 24.5 Å². The summed E-state index contributed by atoms with van der Waals surface area (Å²) in [7, 11) is 1.91. The summed E-state index contributed by atoms with van der Waals surface area (Å²) in [6, 6.07) is 3.80. The lowest BCUT2D eigenvalue weighted by Crippen LogP contribution is -2.47. The first-order valence-corrected chi connectivity index (χ1v) is 5.30. The van der Waals surface area contributed by atoms with Gasteiger partial charge in [0.25, 0.3) is 0 Å². The van der Waals surface area contributed by atoms with E-state index in [2.05, 4.69) is 15.4 Å². The van der Waals surface area contributed by atoms with E-state index in [-0.39, 0.29) is 0 Å². The molecule has 4 heteroatoms. The second-order valence-corrected chi connectivity index (χ2v) is 3.98. The van der Waals surface area contributed by atoms with Crippen molar-refractivity contribution in [2.45, 2.75) is 18.4 Å². The molecule has 0 aromatic carbocycles. The smallest absolute Gasteiger partial charge is 0.0923 e. The van der Waals surface area contributed by atoms with Gasteiger partial charge in [-0.05, 0) is 37.6 Å². The first kappa shape index (κ1) is 10.5. The Kier molecular flexibility index (Phi) is 3.00. The van der Waals surface area contributed by atoms with Gasteiger partial charge in [-0.1, -0.05) is 0 Å². The standard InChI is InChI=1S/C11H17N3O/c1-12-14-8-4-11(15,5-9-14)10-2-6-13-7-3-10/h2-3,6-7,12,15H,4-5,8-9H2,1H3. The minimum absolute atomic E-state index is 0.670. The van der Waals surface area contributed by atoms with Crippen LogP contribution < -0.4 is 5.43 Å². The van der Waals surface area contributed by atoms with Crippen molar-refractivity contribution >= 4 is 0 Å². The van der Waals surface area contributed by atoms with Gasteiger partial charge in [-0.15, -0.1) is 0 Å². The van der Waals surface area contributed by atoms with Crippen LogP contribution in [0.4, 0.5) is 0 Å². The summed E-state index contributed by atoms with van der Waals surface area (Å²) >= 11 is 0. The lowest BCUT2D eigenvalue weighted by Gasteiger charge is -2.37. The molecule has 0 amide bonds. The molecular formula is C11H17N3O. The summed E-state index contributed by atoms with van der Waals surface area (Å²) in [5.41, 5.74) is 3.41. The summed E-state index contributed by atoms with van der Waals surface area (Å²) < 4.78 is 0. The average Bonchev–Trinajstić information content (AvgIpc) is 2.31. The maximum atomic E-state index is 10.5. The van der Waals surface area contributed by atoms with Crippen molar-refractivity contribution in [1.82, 2.24) is 15.4 Å². The maximum absolute atomic E-state index is 10.5. The van der Waals surface area contributed by atoms with Gasteiger partial charge in [0, 0.05) is 25.5 Å². The SMILES string of the molecule is CNN1CCC(O)(c2ccncc2)CC1. The van der Waals surface area contributed by atoms with E-state index in [1.807, 2.05) is 19.2 Å². The van der Waals surface area contributed by atoms with E-state index < -0.39 is 5.60 Å². The number of piperidine rings is 1. The Hall–Kier alpha value is -0.970. The lowest BCUT2D eigenvalue weighted by atomic mass is 9.85. The molecule has 0 unspecified atom stereocenters. The van der Waals surface area contributed by atoms with Crippen LogP contribution in [0.1, 0.15) is 18.4 Å². The molecule has 0 atom stereocenters. The lowest BCUT2D eigenvalue weighted by molar-refractivity contribution is -0.0360. The topological polar surface area (TPSA) is 48.4 Å². The second-order valence-electron chi connectivity index (χ2n) is 3.98. The number of aliphatic hydroxyl groups is 1. The van der Waals surface area contributed by atoms with Crippen LogP contribution in [-0.4, -0.2) is 35.2 Å². The van der Waals surface area contributed by atoms with Crippen molar-refractivity contribution in [2.24, 2.45) is 0 Å². The maximum Gasteiger partial charge on any atom is 0.0923 e. The molecule has 82 valence electrons. The molecule has 2 N–H and O–H groups in total. The van der Waals surface area contributed by atoms with Crippen LogP contribution in [0.2, 0.25) is 0 Å². The van der Waals surface area contributed by atoms with Gasteiger partial charge in [-0.3, -0.25) is 10.4 Å². The molecule has 0 aliphatic carbocycles. The summed E-state index contributed by atoms with van der Waals surface area (Å²) in [6.07, 6.45) is 4.99. The highest BCUT2D eigenvalue weighted by molar-refractivity contribution is 5.19. The number of aromatic nitrogens is 1. The van der Waals surface area contributed by atoms with Gasteiger partial charge in [0.1, 0.15) is 0 Å². The van der Waals surface area contributed by atoms with Crippen LogP contribution in [-0.2, 0) is 5.60 Å². The van der Waals surface area contributed by atoms with Gasteiger partial charge in [-0.25, -0.2) is 5.01 Å². The number of hydrogen-bond acceptors (Lipinski definition) is 4. The molecule has 1 aliphatic heterocycles. The molecule has 0 radical (unpaired) electrons. The second kappa shape index (κ2) is 4.26. The number of rotatable bonds is 2. The van der Waals surface area contributed by atoms with E-state index in [0.29, 0.717) is 0 Å². The van der Waals surface area contributed by atoms with Gasteiger partial charge < -0.3 is 5.11 Å². The molecule has 4 nitrogen and oxygen atoms in total. The fraction of sp³-hybridized carbons (Fsp3) is 0.545. The predicted molar refractivity (Wildman–Crippen MR) is 58.0 cm³/mol. The fourth-order valence-electron chi connectivity index (χ4n) is 2.05. The molecule has 1 saturated heterocycles. The van der Waals surface area contributed by atoms with Crippen molar-refractivity contribution in [3.05, 3.63) is 30.1 Å². The zero-order chi connectivity index (χ0) is 10.7. The largest absolute Gasteiger partial charge is 0.385 e. The van der Waals surface area contributed by atoms with Gasteiger partial charge in [-0.2, -0.15) is 0 Å². The third kappa shape index (κ3) is 2.17. The first-order valence-electron chi connectivity index (χ1n) is 5.30. The van der Waals surface area contributed by atoms with Gasteiger partial charge >= 0.3 is 0 Å². The van der Waals surface area contributed by atoms with Crippen molar-refractivity contribution in [3.8, 4) is 0 Å². The van der Waals surface area contributed by atoms with Gasteiger partial charge in [0.2, 0.25) is 0 Å². The Morgan fingerprint density at radius 1 is 1.33 bits per heavy atom. The Balaban J connectivity index is 2.10. The average molecular weight is 207 g/mol.